The van der Waals surface area contributed by atoms with Crippen molar-refractivity contribution in [2.75, 3.05) is 32.9 Å². The second-order valence-corrected chi connectivity index (χ2v) is 6.08. The molecular formula is C14H30N2O2. The molecule has 0 amide bonds. The number of morpholine rings is 1. The second-order valence-electron chi connectivity index (χ2n) is 6.08. The standard InChI is InChI=1S/C14H30N2O2/c1-12(2)15-14(4,11-17)6-5-7-16-8-9-18-10-13(16)3/h12-13,15,17H,5-11H2,1-4H3. The van der Waals surface area contributed by atoms with E-state index < -0.39 is 0 Å². The first kappa shape index (κ1) is 15.9. The predicted molar refractivity (Wildman–Crippen MR) is 74.9 cm³/mol. The second kappa shape index (κ2) is 7.43. The summed E-state index contributed by atoms with van der Waals surface area (Å²) in [6, 6.07) is 0.932. The van der Waals surface area contributed by atoms with Crippen molar-refractivity contribution in [1.82, 2.24) is 10.2 Å². The van der Waals surface area contributed by atoms with Gasteiger partial charge in [-0.05, 0) is 33.2 Å². The average Bonchev–Trinajstić information content (AvgIpc) is 2.31. The van der Waals surface area contributed by atoms with Gasteiger partial charge in [-0.3, -0.25) is 4.90 Å². The molecule has 1 aliphatic rings. The summed E-state index contributed by atoms with van der Waals surface area (Å²) in [7, 11) is 0. The molecule has 1 fully saturated rings. The largest absolute Gasteiger partial charge is 0.394 e. The first-order valence-electron chi connectivity index (χ1n) is 7.17. The summed E-state index contributed by atoms with van der Waals surface area (Å²) in [6.07, 6.45) is 2.12. The minimum Gasteiger partial charge on any atom is -0.394 e. The van der Waals surface area contributed by atoms with Crippen LogP contribution in [0.25, 0.3) is 0 Å². The third-order valence-electron chi connectivity index (χ3n) is 3.67. The van der Waals surface area contributed by atoms with Crippen LogP contribution in [-0.4, -0.2) is 60.5 Å². The predicted octanol–water partition coefficient (Wildman–Crippen LogP) is 1.24. The number of nitrogens with zero attached hydrogens (tertiary/aromatic N) is 1. The van der Waals surface area contributed by atoms with Gasteiger partial charge in [0.15, 0.2) is 0 Å². The van der Waals surface area contributed by atoms with Crippen LogP contribution < -0.4 is 5.32 Å². The van der Waals surface area contributed by atoms with E-state index in [9.17, 15) is 5.11 Å². The van der Waals surface area contributed by atoms with E-state index in [0.717, 1.165) is 39.1 Å². The van der Waals surface area contributed by atoms with Crippen LogP contribution in [0.5, 0.6) is 0 Å². The fourth-order valence-electron chi connectivity index (χ4n) is 2.66. The maximum absolute atomic E-state index is 9.53. The Balaban J connectivity index is 2.30. The molecule has 1 heterocycles. The summed E-state index contributed by atoms with van der Waals surface area (Å²) in [5, 5.41) is 13.0. The van der Waals surface area contributed by atoms with E-state index in [4.69, 9.17) is 4.74 Å². The van der Waals surface area contributed by atoms with Gasteiger partial charge in [-0.25, -0.2) is 0 Å². The number of ether oxygens (including phenoxy) is 1. The molecule has 108 valence electrons. The molecule has 0 aromatic heterocycles. The van der Waals surface area contributed by atoms with Crippen molar-refractivity contribution in [3.8, 4) is 0 Å². The maximum Gasteiger partial charge on any atom is 0.0619 e. The highest BCUT2D eigenvalue weighted by Crippen LogP contribution is 2.15. The lowest BCUT2D eigenvalue weighted by atomic mass is 9.95. The van der Waals surface area contributed by atoms with Crippen LogP contribution in [0.4, 0.5) is 0 Å². The van der Waals surface area contributed by atoms with Gasteiger partial charge < -0.3 is 15.2 Å². The zero-order chi connectivity index (χ0) is 13.6. The molecule has 1 rings (SSSR count). The number of nitrogens with one attached hydrogen (secondary N) is 1. The summed E-state index contributed by atoms with van der Waals surface area (Å²) in [5.74, 6) is 0. The Morgan fingerprint density at radius 3 is 2.78 bits per heavy atom. The van der Waals surface area contributed by atoms with Gasteiger partial charge in [0.1, 0.15) is 0 Å². The quantitative estimate of drug-likeness (QED) is 0.721. The lowest BCUT2D eigenvalue weighted by Crippen LogP contribution is -2.50. The average molecular weight is 258 g/mol. The molecule has 0 bridgehead atoms. The minimum atomic E-state index is -0.149. The minimum absolute atomic E-state index is 0.149. The highest BCUT2D eigenvalue weighted by Gasteiger charge is 2.24. The van der Waals surface area contributed by atoms with Crippen LogP contribution in [0.15, 0.2) is 0 Å². The molecule has 2 N–H and O–H groups in total. The van der Waals surface area contributed by atoms with Gasteiger partial charge in [-0.2, -0.15) is 0 Å². The molecule has 0 aliphatic carbocycles. The fourth-order valence-corrected chi connectivity index (χ4v) is 2.66. The molecule has 0 aromatic rings. The van der Waals surface area contributed by atoms with Crippen molar-refractivity contribution in [2.45, 2.75) is 58.2 Å². The first-order valence-corrected chi connectivity index (χ1v) is 7.17. The van der Waals surface area contributed by atoms with Crippen LogP contribution in [0, 0.1) is 0 Å². The number of hydrogen-bond acceptors (Lipinski definition) is 4. The van der Waals surface area contributed by atoms with Gasteiger partial charge in [0.2, 0.25) is 0 Å². The molecule has 2 atom stereocenters. The zero-order valence-corrected chi connectivity index (χ0v) is 12.4. The van der Waals surface area contributed by atoms with E-state index in [1.54, 1.807) is 0 Å². The van der Waals surface area contributed by atoms with E-state index >= 15 is 0 Å². The molecule has 4 nitrogen and oxygen atoms in total. The van der Waals surface area contributed by atoms with Crippen molar-refractivity contribution < 1.29 is 9.84 Å². The molecule has 0 aromatic carbocycles. The smallest absolute Gasteiger partial charge is 0.0619 e. The molecule has 2 unspecified atom stereocenters. The molecule has 0 saturated carbocycles. The Hall–Kier alpha value is -0.160. The maximum atomic E-state index is 9.53. The topological polar surface area (TPSA) is 44.7 Å². The lowest BCUT2D eigenvalue weighted by molar-refractivity contribution is -0.00220. The number of rotatable bonds is 7. The third-order valence-corrected chi connectivity index (χ3v) is 3.67. The van der Waals surface area contributed by atoms with Crippen LogP contribution in [0.1, 0.15) is 40.5 Å². The van der Waals surface area contributed by atoms with Gasteiger partial charge >= 0.3 is 0 Å². The summed E-state index contributed by atoms with van der Waals surface area (Å²) in [4.78, 5) is 2.48. The van der Waals surface area contributed by atoms with E-state index in [0.29, 0.717) is 12.1 Å². The van der Waals surface area contributed by atoms with Gasteiger partial charge in [-0.1, -0.05) is 13.8 Å². The van der Waals surface area contributed by atoms with Gasteiger partial charge in [0.25, 0.3) is 0 Å². The van der Waals surface area contributed by atoms with E-state index in [-0.39, 0.29) is 12.1 Å². The first-order chi connectivity index (χ1) is 8.47. The summed E-state index contributed by atoms with van der Waals surface area (Å²) in [5.41, 5.74) is -0.149. The van der Waals surface area contributed by atoms with Crippen molar-refractivity contribution >= 4 is 0 Å². The number of aliphatic hydroxyl groups excluding tert-OH is 1. The molecule has 1 aliphatic heterocycles. The Morgan fingerprint density at radius 1 is 1.50 bits per heavy atom. The Labute approximate surface area is 112 Å². The Bertz CT molecular complexity index is 236. The summed E-state index contributed by atoms with van der Waals surface area (Å²) in [6.45, 7) is 12.6. The fraction of sp³-hybridized carbons (Fsp3) is 1.00. The molecule has 18 heavy (non-hydrogen) atoms. The molecular weight excluding hydrogens is 228 g/mol. The highest BCUT2D eigenvalue weighted by atomic mass is 16.5. The molecule has 0 spiro atoms. The normalized spacial score (nSPS) is 25.3. The van der Waals surface area contributed by atoms with E-state index in [2.05, 4.69) is 37.9 Å². The van der Waals surface area contributed by atoms with E-state index in [1.807, 2.05) is 0 Å². The Morgan fingerprint density at radius 2 is 2.22 bits per heavy atom. The molecule has 0 radical (unpaired) electrons. The van der Waals surface area contributed by atoms with Crippen molar-refractivity contribution in [3.63, 3.8) is 0 Å². The molecule has 4 heteroatoms. The summed E-state index contributed by atoms with van der Waals surface area (Å²) >= 11 is 0. The van der Waals surface area contributed by atoms with Crippen LogP contribution in [0.3, 0.4) is 0 Å². The van der Waals surface area contributed by atoms with E-state index in [1.165, 1.54) is 0 Å². The molecule has 1 saturated heterocycles. The summed E-state index contributed by atoms with van der Waals surface area (Å²) < 4.78 is 5.44. The monoisotopic (exact) mass is 258 g/mol. The Kier molecular flexibility index (Phi) is 6.57. The third kappa shape index (κ3) is 5.22. The van der Waals surface area contributed by atoms with Crippen LogP contribution in [0.2, 0.25) is 0 Å². The van der Waals surface area contributed by atoms with Crippen LogP contribution in [-0.2, 0) is 4.74 Å². The van der Waals surface area contributed by atoms with Gasteiger partial charge in [0.05, 0.1) is 19.8 Å². The van der Waals surface area contributed by atoms with Crippen molar-refractivity contribution in [2.24, 2.45) is 0 Å². The van der Waals surface area contributed by atoms with Crippen molar-refractivity contribution in [1.29, 1.82) is 0 Å². The zero-order valence-electron chi connectivity index (χ0n) is 12.4. The highest BCUT2D eigenvalue weighted by molar-refractivity contribution is 4.84. The van der Waals surface area contributed by atoms with Crippen molar-refractivity contribution in [3.05, 3.63) is 0 Å². The van der Waals surface area contributed by atoms with Gasteiger partial charge in [0, 0.05) is 24.2 Å². The van der Waals surface area contributed by atoms with Gasteiger partial charge in [-0.15, -0.1) is 0 Å². The SMILES string of the molecule is CC(C)NC(C)(CO)CCCN1CCOCC1C. The van der Waals surface area contributed by atoms with Crippen LogP contribution >= 0.6 is 0 Å². The lowest BCUT2D eigenvalue weighted by Gasteiger charge is -2.35. The number of hydrogen-bond donors (Lipinski definition) is 2. The number of aliphatic hydroxyl groups is 1.